The van der Waals surface area contributed by atoms with Crippen LogP contribution in [-0.2, 0) is 15.0 Å². The summed E-state index contributed by atoms with van der Waals surface area (Å²) in [5.41, 5.74) is 1.04. The Morgan fingerprint density at radius 3 is 2.31 bits per heavy atom. The van der Waals surface area contributed by atoms with Gasteiger partial charge in [0, 0.05) is 32.2 Å². The Morgan fingerprint density at radius 2 is 1.81 bits per heavy atom. The number of hydrogen-bond donors (Lipinski definition) is 1. The predicted molar refractivity (Wildman–Crippen MR) is 104 cm³/mol. The molecule has 1 aromatic rings. The number of carbonyl (C=O) groups is 1. The first-order valence-corrected chi connectivity index (χ1v) is 10.8. The third kappa shape index (κ3) is 5.05. The first-order valence-electron chi connectivity index (χ1n) is 9.35. The minimum atomic E-state index is -3.48. The number of carbonyl (C=O) groups excluding carboxylic acids is 1. The standard InChI is InChI=1S/C19H31N3O3S/c1-5-18(16-9-7-6-8-10-16)19(23)22-13-11-17(12-14-22)20-26(24,25)21(4)15(2)3/h6-10,15,17-18,20H,5,11-14H2,1-4H3. The van der Waals surface area contributed by atoms with Crippen LogP contribution in [0, 0.1) is 0 Å². The third-order valence-corrected chi connectivity index (χ3v) is 6.95. The van der Waals surface area contributed by atoms with Crippen LogP contribution >= 0.6 is 0 Å². The van der Waals surface area contributed by atoms with E-state index in [0.29, 0.717) is 25.9 Å². The van der Waals surface area contributed by atoms with Gasteiger partial charge in [0.05, 0.1) is 5.92 Å². The monoisotopic (exact) mass is 381 g/mol. The third-order valence-electron chi connectivity index (χ3n) is 5.14. The summed E-state index contributed by atoms with van der Waals surface area (Å²) in [6.45, 7) is 6.88. The summed E-state index contributed by atoms with van der Waals surface area (Å²) in [5, 5.41) is 0. The van der Waals surface area contributed by atoms with Gasteiger partial charge in [-0.15, -0.1) is 0 Å². The van der Waals surface area contributed by atoms with Crippen LogP contribution in [0.5, 0.6) is 0 Å². The highest BCUT2D eigenvalue weighted by molar-refractivity contribution is 7.87. The Bertz CT molecular complexity index is 683. The van der Waals surface area contributed by atoms with Crippen molar-refractivity contribution in [1.29, 1.82) is 0 Å². The molecule has 1 aliphatic heterocycles. The fraction of sp³-hybridized carbons (Fsp3) is 0.632. The van der Waals surface area contributed by atoms with E-state index in [9.17, 15) is 13.2 Å². The van der Waals surface area contributed by atoms with Crippen LogP contribution in [0.25, 0.3) is 0 Å². The van der Waals surface area contributed by atoms with Gasteiger partial charge in [-0.2, -0.15) is 17.4 Å². The molecule has 1 saturated heterocycles. The molecule has 1 aromatic carbocycles. The lowest BCUT2D eigenvalue weighted by molar-refractivity contribution is -0.134. The Balaban J connectivity index is 1.94. The van der Waals surface area contributed by atoms with Crippen molar-refractivity contribution in [3.8, 4) is 0 Å². The van der Waals surface area contributed by atoms with Crippen LogP contribution in [-0.4, -0.2) is 55.8 Å². The minimum Gasteiger partial charge on any atom is -0.342 e. The smallest absolute Gasteiger partial charge is 0.279 e. The number of piperidine rings is 1. The van der Waals surface area contributed by atoms with Crippen molar-refractivity contribution < 1.29 is 13.2 Å². The molecule has 7 heteroatoms. The molecule has 1 amide bonds. The van der Waals surface area contributed by atoms with E-state index in [0.717, 1.165) is 12.0 Å². The molecular weight excluding hydrogens is 350 g/mol. The Morgan fingerprint density at radius 1 is 1.23 bits per heavy atom. The van der Waals surface area contributed by atoms with Crippen molar-refractivity contribution in [1.82, 2.24) is 13.9 Å². The summed E-state index contributed by atoms with van der Waals surface area (Å²) < 4.78 is 28.8. The summed E-state index contributed by atoms with van der Waals surface area (Å²) in [6, 6.07) is 9.64. The molecule has 1 unspecified atom stereocenters. The van der Waals surface area contributed by atoms with Crippen molar-refractivity contribution >= 4 is 16.1 Å². The summed E-state index contributed by atoms with van der Waals surface area (Å²) in [4.78, 5) is 14.8. The molecule has 1 heterocycles. The Kier molecular flexibility index (Phi) is 7.20. The molecular formula is C19H31N3O3S. The van der Waals surface area contributed by atoms with E-state index in [1.54, 1.807) is 7.05 Å². The molecule has 1 fully saturated rings. The van der Waals surface area contributed by atoms with Gasteiger partial charge in [-0.1, -0.05) is 37.3 Å². The number of likely N-dealkylation sites (tertiary alicyclic amines) is 1. The van der Waals surface area contributed by atoms with Crippen molar-refractivity contribution in [3.63, 3.8) is 0 Å². The SMILES string of the molecule is CCC(C(=O)N1CCC(NS(=O)(=O)N(C)C(C)C)CC1)c1ccccc1. The summed E-state index contributed by atoms with van der Waals surface area (Å²) in [7, 11) is -1.90. The maximum absolute atomic E-state index is 12.9. The van der Waals surface area contributed by atoms with Gasteiger partial charge in [0.25, 0.3) is 10.2 Å². The van der Waals surface area contributed by atoms with Gasteiger partial charge in [0.2, 0.25) is 5.91 Å². The van der Waals surface area contributed by atoms with E-state index in [1.807, 2.05) is 56.0 Å². The normalized spacial score (nSPS) is 17.7. The average Bonchev–Trinajstić information content (AvgIpc) is 2.62. The lowest BCUT2D eigenvalue weighted by Crippen LogP contribution is -2.51. The first-order chi connectivity index (χ1) is 12.3. The predicted octanol–water partition coefficient (Wildman–Crippen LogP) is 2.35. The van der Waals surface area contributed by atoms with E-state index in [-0.39, 0.29) is 23.9 Å². The molecule has 1 N–H and O–H groups in total. The molecule has 0 saturated carbocycles. The molecule has 0 spiro atoms. The van der Waals surface area contributed by atoms with Crippen LogP contribution in [0.1, 0.15) is 51.5 Å². The topological polar surface area (TPSA) is 69.7 Å². The highest BCUT2D eigenvalue weighted by Crippen LogP contribution is 2.24. The van der Waals surface area contributed by atoms with Gasteiger partial charge in [-0.3, -0.25) is 4.79 Å². The number of nitrogens with zero attached hydrogens (tertiary/aromatic N) is 2. The number of benzene rings is 1. The summed E-state index contributed by atoms with van der Waals surface area (Å²) in [6.07, 6.45) is 2.04. The van der Waals surface area contributed by atoms with Crippen molar-refractivity contribution in [2.24, 2.45) is 0 Å². The maximum Gasteiger partial charge on any atom is 0.279 e. The van der Waals surface area contributed by atoms with Crippen LogP contribution in [0.3, 0.4) is 0 Å². The molecule has 2 rings (SSSR count). The minimum absolute atomic E-state index is 0.0923. The van der Waals surface area contributed by atoms with E-state index in [1.165, 1.54) is 4.31 Å². The van der Waals surface area contributed by atoms with Crippen LogP contribution in [0.2, 0.25) is 0 Å². The maximum atomic E-state index is 12.9. The molecule has 6 nitrogen and oxygen atoms in total. The van der Waals surface area contributed by atoms with Gasteiger partial charge < -0.3 is 4.90 Å². The zero-order chi connectivity index (χ0) is 19.3. The quantitative estimate of drug-likeness (QED) is 0.788. The summed E-state index contributed by atoms with van der Waals surface area (Å²) in [5.74, 6) is 0.0100. The lowest BCUT2D eigenvalue weighted by Gasteiger charge is -2.35. The second-order valence-electron chi connectivity index (χ2n) is 7.20. The van der Waals surface area contributed by atoms with Gasteiger partial charge >= 0.3 is 0 Å². The first kappa shape index (κ1) is 20.9. The van der Waals surface area contributed by atoms with E-state index in [4.69, 9.17) is 0 Å². The Hall–Kier alpha value is -1.44. The highest BCUT2D eigenvalue weighted by Gasteiger charge is 2.31. The molecule has 0 radical (unpaired) electrons. The zero-order valence-electron chi connectivity index (χ0n) is 16.2. The second-order valence-corrected chi connectivity index (χ2v) is 8.97. The van der Waals surface area contributed by atoms with Crippen LogP contribution in [0.4, 0.5) is 0 Å². The molecule has 0 aliphatic carbocycles. The molecule has 146 valence electrons. The average molecular weight is 382 g/mol. The Labute approximate surface area is 157 Å². The van der Waals surface area contributed by atoms with E-state index < -0.39 is 10.2 Å². The summed E-state index contributed by atoms with van der Waals surface area (Å²) >= 11 is 0. The van der Waals surface area contributed by atoms with Crippen LogP contribution < -0.4 is 4.72 Å². The number of rotatable bonds is 7. The highest BCUT2D eigenvalue weighted by atomic mass is 32.2. The van der Waals surface area contributed by atoms with Crippen LogP contribution in [0.15, 0.2) is 30.3 Å². The molecule has 0 aromatic heterocycles. The molecule has 1 atom stereocenters. The van der Waals surface area contributed by atoms with Gasteiger partial charge in [-0.05, 0) is 38.7 Å². The van der Waals surface area contributed by atoms with Gasteiger partial charge in [-0.25, -0.2) is 0 Å². The molecule has 1 aliphatic rings. The number of hydrogen-bond acceptors (Lipinski definition) is 3. The number of nitrogens with one attached hydrogen (secondary N) is 1. The fourth-order valence-electron chi connectivity index (χ4n) is 3.25. The van der Waals surface area contributed by atoms with E-state index in [2.05, 4.69) is 4.72 Å². The van der Waals surface area contributed by atoms with E-state index >= 15 is 0 Å². The number of amides is 1. The zero-order valence-corrected chi connectivity index (χ0v) is 17.0. The van der Waals surface area contributed by atoms with Crippen molar-refractivity contribution in [2.75, 3.05) is 20.1 Å². The lowest BCUT2D eigenvalue weighted by atomic mass is 9.94. The van der Waals surface area contributed by atoms with Gasteiger partial charge in [0.15, 0.2) is 0 Å². The molecule has 26 heavy (non-hydrogen) atoms. The molecule has 0 bridgehead atoms. The largest absolute Gasteiger partial charge is 0.342 e. The second kappa shape index (κ2) is 8.97. The van der Waals surface area contributed by atoms with Crippen molar-refractivity contribution in [3.05, 3.63) is 35.9 Å². The fourth-order valence-corrected chi connectivity index (χ4v) is 4.63. The van der Waals surface area contributed by atoms with Gasteiger partial charge in [0.1, 0.15) is 0 Å². The van der Waals surface area contributed by atoms with Crippen molar-refractivity contribution in [2.45, 2.75) is 58.0 Å².